The molecule has 0 aliphatic rings. The minimum absolute atomic E-state index is 0.135. The number of rotatable bonds is 4. The minimum atomic E-state index is -0.135. The second kappa shape index (κ2) is 7.40. The summed E-state index contributed by atoms with van der Waals surface area (Å²) in [4.78, 5) is 20.8. The third-order valence-electron chi connectivity index (χ3n) is 4.58. The van der Waals surface area contributed by atoms with E-state index in [1.807, 2.05) is 24.4 Å². The smallest absolute Gasteiger partial charge is 0.250 e. The van der Waals surface area contributed by atoms with Crippen molar-refractivity contribution < 1.29 is 0 Å². The number of para-hydroxylation sites is 1. The summed E-state index contributed by atoms with van der Waals surface area (Å²) >= 11 is 0. The molecule has 0 unspecified atom stereocenters. The molecule has 3 heterocycles. The molecule has 0 saturated heterocycles. The van der Waals surface area contributed by atoms with E-state index in [-0.39, 0.29) is 5.56 Å². The zero-order chi connectivity index (χ0) is 20.4. The third kappa shape index (κ3) is 3.37. The Labute approximate surface area is 166 Å². The molecule has 4 rings (SSSR count). The first-order chi connectivity index (χ1) is 14.1. The second-order valence-electron chi connectivity index (χ2n) is 6.40. The highest BCUT2D eigenvalue weighted by atomic mass is 16.1. The van der Waals surface area contributed by atoms with Crippen molar-refractivity contribution in [3.63, 3.8) is 0 Å². The summed E-state index contributed by atoms with van der Waals surface area (Å²) in [6.45, 7) is 0. The molecule has 0 aliphatic heterocycles. The van der Waals surface area contributed by atoms with E-state index in [9.17, 15) is 10.1 Å². The fourth-order valence-electron chi connectivity index (χ4n) is 3.06. The van der Waals surface area contributed by atoms with Gasteiger partial charge in [-0.1, -0.05) is 12.1 Å². The number of hydrogen-bond acceptors (Lipinski definition) is 6. The molecule has 0 radical (unpaired) electrons. The van der Waals surface area contributed by atoms with Gasteiger partial charge in [-0.15, -0.1) is 0 Å². The van der Waals surface area contributed by atoms with Crippen molar-refractivity contribution in [1.82, 2.24) is 24.3 Å². The van der Waals surface area contributed by atoms with Gasteiger partial charge < -0.3 is 9.88 Å². The van der Waals surface area contributed by atoms with Crippen molar-refractivity contribution >= 4 is 5.95 Å². The highest BCUT2D eigenvalue weighted by Crippen LogP contribution is 2.30. The summed E-state index contributed by atoms with van der Waals surface area (Å²) in [5, 5.41) is 16.7. The van der Waals surface area contributed by atoms with E-state index >= 15 is 0 Å². The van der Waals surface area contributed by atoms with E-state index < -0.39 is 0 Å². The Morgan fingerprint density at radius 3 is 2.52 bits per heavy atom. The quantitative estimate of drug-likeness (QED) is 0.581. The Balaban J connectivity index is 1.85. The molecule has 0 spiro atoms. The summed E-state index contributed by atoms with van der Waals surface area (Å²) in [6, 6.07) is 11.0. The van der Waals surface area contributed by atoms with E-state index in [0.717, 1.165) is 16.7 Å². The number of aryl methyl sites for hydroxylation is 1. The molecular formula is C21H17N7O. The number of benzene rings is 1. The van der Waals surface area contributed by atoms with Crippen LogP contribution in [0.2, 0.25) is 0 Å². The predicted octanol–water partition coefficient (Wildman–Crippen LogP) is 2.61. The van der Waals surface area contributed by atoms with Gasteiger partial charge in [0.05, 0.1) is 17.4 Å². The first-order valence-corrected chi connectivity index (χ1v) is 8.86. The van der Waals surface area contributed by atoms with Gasteiger partial charge in [-0.2, -0.15) is 10.4 Å². The molecule has 142 valence electrons. The van der Waals surface area contributed by atoms with Crippen molar-refractivity contribution in [3.05, 3.63) is 77.2 Å². The number of anilines is 1. The maximum Gasteiger partial charge on any atom is 0.250 e. The van der Waals surface area contributed by atoms with E-state index in [1.165, 1.54) is 4.57 Å². The molecule has 0 fully saturated rings. The highest BCUT2D eigenvalue weighted by Gasteiger charge is 2.14. The van der Waals surface area contributed by atoms with E-state index in [1.54, 1.807) is 55.7 Å². The maximum atomic E-state index is 12.3. The van der Waals surface area contributed by atoms with Crippen LogP contribution in [0.15, 0.2) is 66.1 Å². The Morgan fingerprint density at radius 1 is 1.03 bits per heavy atom. The summed E-state index contributed by atoms with van der Waals surface area (Å²) < 4.78 is 3.17. The third-order valence-corrected chi connectivity index (χ3v) is 4.58. The summed E-state index contributed by atoms with van der Waals surface area (Å²) in [7, 11) is 3.44. The van der Waals surface area contributed by atoms with Crippen molar-refractivity contribution in [2.75, 3.05) is 12.4 Å². The van der Waals surface area contributed by atoms with Crippen LogP contribution < -0.4 is 10.9 Å². The molecule has 0 bridgehead atoms. The molecule has 0 atom stereocenters. The number of nitrogens with one attached hydrogen (secondary N) is 1. The average molecular weight is 383 g/mol. The van der Waals surface area contributed by atoms with E-state index in [0.29, 0.717) is 22.8 Å². The molecule has 0 aliphatic carbocycles. The molecule has 3 aromatic heterocycles. The summed E-state index contributed by atoms with van der Waals surface area (Å²) in [5.41, 5.74) is 4.14. The first-order valence-electron chi connectivity index (χ1n) is 8.86. The van der Waals surface area contributed by atoms with Crippen molar-refractivity contribution in [2.45, 2.75) is 0 Å². The Hall–Kier alpha value is -4.25. The van der Waals surface area contributed by atoms with Gasteiger partial charge in [0, 0.05) is 61.6 Å². The molecule has 8 nitrogen and oxygen atoms in total. The summed E-state index contributed by atoms with van der Waals surface area (Å²) in [5.74, 6) is 0.500. The maximum absolute atomic E-state index is 12.3. The lowest BCUT2D eigenvalue weighted by Crippen LogP contribution is -2.15. The van der Waals surface area contributed by atoms with Crippen LogP contribution in [0, 0.1) is 11.3 Å². The molecule has 8 heteroatoms. The first kappa shape index (κ1) is 18.1. The van der Waals surface area contributed by atoms with Crippen LogP contribution in [0.1, 0.15) is 5.56 Å². The topological polar surface area (TPSA) is 101 Å². The molecule has 4 aromatic rings. The minimum Gasteiger partial charge on any atom is -0.357 e. The highest BCUT2D eigenvalue weighted by molar-refractivity contribution is 5.82. The lowest BCUT2D eigenvalue weighted by Gasteiger charge is -2.10. The van der Waals surface area contributed by atoms with Crippen molar-refractivity contribution in [1.29, 1.82) is 5.26 Å². The monoisotopic (exact) mass is 383 g/mol. The lowest BCUT2D eigenvalue weighted by atomic mass is 10.0. The van der Waals surface area contributed by atoms with E-state index in [4.69, 9.17) is 0 Å². The lowest BCUT2D eigenvalue weighted by molar-refractivity contribution is 0.863. The fraction of sp³-hybridized carbons (Fsp3) is 0.0952. The zero-order valence-corrected chi connectivity index (χ0v) is 15.9. The Morgan fingerprint density at radius 2 is 1.79 bits per heavy atom. The Kier molecular flexibility index (Phi) is 4.63. The van der Waals surface area contributed by atoms with Crippen LogP contribution in [0.4, 0.5) is 5.95 Å². The van der Waals surface area contributed by atoms with Crippen LogP contribution in [0.3, 0.4) is 0 Å². The van der Waals surface area contributed by atoms with Crippen LogP contribution in [0.5, 0.6) is 0 Å². The van der Waals surface area contributed by atoms with Crippen LogP contribution in [-0.2, 0) is 7.05 Å². The molecule has 1 N–H and O–H groups in total. The number of nitriles is 1. The van der Waals surface area contributed by atoms with Crippen LogP contribution >= 0.6 is 0 Å². The number of aromatic nitrogens is 5. The van der Waals surface area contributed by atoms with Gasteiger partial charge in [-0.25, -0.2) is 14.6 Å². The van der Waals surface area contributed by atoms with Gasteiger partial charge in [0.2, 0.25) is 5.95 Å². The normalized spacial score (nSPS) is 10.5. The van der Waals surface area contributed by atoms with Crippen LogP contribution in [-0.4, -0.2) is 31.4 Å². The molecular weight excluding hydrogens is 366 g/mol. The standard InChI is InChI=1S/C21H17N7O/c1-23-21-24-9-15(10-25-21)17-7-20(29)27(2)13-18(17)16-11-26-28(12-16)19-6-4-3-5-14(19)8-22/h3-7,9-13H,1-2H3,(H,23,24,25). The largest absolute Gasteiger partial charge is 0.357 e. The number of nitrogens with zero attached hydrogens (tertiary/aromatic N) is 6. The second-order valence-corrected chi connectivity index (χ2v) is 6.40. The van der Waals surface area contributed by atoms with Crippen LogP contribution in [0.25, 0.3) is 27.9 Å². The van der Waals surface area contributed by atoms with E-state index in [2.05, 4.69) is 26.5 Å². The molecule has 29 heavy (non-hydrogen) atoms. The number of hydrogen-bond donors (Lipinski definition) is 1. The van der Waals surface area contributed by atoms with Gasteiger partial charge >= 0.3 is 0 Å². The van der Waals surface area contributed by atoms with Gasteiger partial charge in [0.15, 0.2) is 0 Å². The number of pyridine rings is 1. The summed E-state index contributed by atoms with van der Waals surface area (Å²) in [6.07, 6.45) is 8.66. The fourth-order valence-corrected chi connectivity index (χ4v) is 3.06. The van der Waals surface area contributed by atoms with Crippen molar-refractivity contribution in [3.8, 4) is 34.0 Å². The average Bonchev–Trinajstić information content (AvgIpc) is 3.25. The molecule has 1 aromatic carbocycles. The Bertz CT molecular complexity index is 1280. The molecule has 0 saturated carbocycles. The van der Waals surface area contributed by atoms with Gasteiger partial charge in [0.25, 0.3) is 5.56 Å². The molecule has 0 amide bonds. The predicted molar refractivity (Wildman–Crippen MR) is 110 cm³/mol. The van der Waals surface area contributed by atoms with Gasteiger partial charge in [-0.3, -0.25) is 4.79 Å². The zero-order valence-electron chi connectivity index (χ0n) is 15.9. The van der Waals surface area contributed by atoms with Gasteiger partial charge in [0.1, 0.15) is 6.07 Å². The van der Waals surface area contributed by atoms with Gasteiger partial charge in [-0.05, 0) is 17.7 Å². The SMILES string of the molecule is CNc1ncc(-c2cc(=O)n(C)cc2-c2cnn(-c3ccccc3C#N)c2)cn1. The van der Waals surface area contributed by atoms with Crippen molar-refractivity contribution in [2.24, 2.45) is 7.05 Å².